The first kappa shape index (κ1) is 15.7. The SMILES string of the molecule is CCC(C)C(N)C(=O)NCC(O)c1ccc(C)cc1. The third-order valence-electron chi connectivity index (χ3n) is 3.49. The second-order valence-electron chi connectivity index (χ2n) is 5.08. The molecular formula is C15H24N2O2. The molecule has 0 fully saturated rings. The number of amides is 1. The lowest BCUT2D eigenvalue weighted by Gasteiger charge is -2.19. The van der Waals surface area contributed by atoms with E-state index in [9.17, 15) is 9.90 Å². The number of carbonyl (C=O) groups excluding carboxylic acids is 1. The molecule has 0 radical (unpaired) electrons. The molecule has 0 aliphatic rings. The van der Waals surface area contributed by atoms with Gasteiger partial charge in [-0.25, -0.2) is 0 Å². The van der Waals surface area contributed by atoms with Gasteiger partial charge in [-0.15, -0.1) is 0 Å². The number of aliphatic hydroxyl groups excluding tert-OH is 1. The number of rotatable bonds is 6. The number of hydrogen-bond acceptors (Lipinski definition) is 3. The Bertz CT molecular complexity index is 403. The van der Waals surface area contributed by atoms with E-state index in [1.54, 1.807) is 0 Å². The van der Waals surface area contributed by atoms with E-state index in [1.807, 2.05) is 45.0 Å². The van der Waals surface area contributed by atoms with Crippen molar-refractivity contribution in [2.75, 3.05) is 6.54 Å². The monoisotopic (exact) mass is 264 g/mol. The molecule has 0 aliphatic heterocycles. The van der Waals surface area contributed by atoms with Gasteiger partial charge in [-0.3, -0.25) is 4.79 Å². The fraction of sp³-hybridized carbons (Fsp3) is 0.533. The summed E-state index contributed by atoms with van der Waals surface area (Å²) in [4.78, 5) is 11.8. The van der Waals surface area contributed by atoms with Crippen LogP contribution in [0.2, 0.25) is 0 Å². The van der Waals surface area contributed by atoms with Gasteiger partial charge >= 0.3 is 0 Å². The molecule has 1 rings (SSSR count). The predicted molar refractivity (Wildman–Crippen MR) is 76.6 cm³/mol. The minimum atomic E-state index is -0.700. The topological polar surface area (TPSA) is 75.4 Å². The first-order valence-corrected chi connectivity index (χ1v) is 6.73. The van der Waals surface area contributed by atoms with Crippen molar-refractivity contribution >= 4 is 5.91 Å². The summed E-state index contributed by atoms with van der Waals surface area (Å²) in [5.41, 5.74) is 7.75. The summed E-state index contributed by atoms with van der Waals surface area (Å²) in [5.74, 6) is -0.0722. The summed E-state index contributed by atoms with van der Waals surface area (Å²) in [5, 5.41) is 12.7. The van der Waals surface area contributed by atoms with E-state index in [1.165, 1.54) is 0 Å². The van der Waals surface area contributed by atoms with Crippen LogP contribution in [0.15, 0.2) is 24.3 Å². The largest absolute Gasteiger partial charge is 0.387 e. The normalized spacial score (nSPS) is 15.6. The van der Waals surface area contributed by atoms with Gasteiger partial charge in [0.25, 0.3) is 0 Å². The molecule has 3 atom stereocenters. The van der Waals surface area contributed by atoms with Crippen LogP contribution in [0.3, 0.4) is 0 Å². The van der Waals surface area contributed by atoms with Crippen molar-refractivity contribution in [1.29, 1.82) is 0 Å². The maximum Gasteiger partial charge on any atom is 0.237 e. The highest BCUT2D eigenvalue weighted by Gasteiger charge is 2.20. The van der Waals surface area contributed by atoms with E-state index in [-0.39, 0.29) is 18.4 Å². The Labute approximate surface area is 115 Å². The summed E-state index contributed by atoms with van der Waals surface area (Å²) >= 11 is 0. The number of aliphatic hydroxyl groups is 1. The number of hydrogen-bond donors (Lipinski definition) is 3. The number of benzene rings is 1. The molecule has 0 aromatic heterocycles. The molecule has 4 heteroatoms. The Kier molecular flexibility index (Phi) is 5.99. The quantitative estimate of drug-likeness (QED) is 0.729. The van der Waals surface area contributed by atoms with Crippen LogP contribution in [-0.4, -0.2) is 23.6 Å². The Hall–Kier alpha value is -1.39. The molecule has 0 bridgehead atoms. The zero-order chi connectivity index (χ0) is 14.4. The highest BCUT2D eigenvalue weighted by molar-refractivity contribution is 5.81. The average molecular weight is 264 g/mol. The first-order chi connectivity index (χ1) is 8.95. The summed E-state index contributed by atoms with van der Waals surface area (Å²) in [6.07, 6.45) is 0.156. The van der Waals surface area contributed by atoms with Crippen LogP contribution in [0.5, 0.6) is 0 Å². The van der Waals surface area contributed by atoms with Gasteiger partial charge in [0.2, 0.25) is 5.91 Å². The lowest BCUT2D eigenvalue weighted by molar-refractivity contribution is -0.123. The molecule has 0 heterocycles. The van der Waals surface area contributed by atoms with E-state index < -0.39 is 12.1 Å². The minimum Gasteiger partial charge on any atom is -0.387 e. The van der Waals surface area contributed by atoms with Gasteiger partial charge < -0.3 is 16.2 Å². The maximum atomic E-state index is 11.8. The van der Waals surface area contributed by atoms with Crippen molar-refractivity contribution in [2.45, 2.75) is 39.3 Å². The van der Waals surface area contributed by atoms with Crippen molar-refractivity contribution in [3.05, 3.63) is 35.4 Å². The van der Waals surface area contributed by atoms with Gasteiger partial charge in [-0.2, -0.15) is 0 Å². The third-order valence-corrected chi connectivity index (χ3v) is 3.49. The van der Waals surface area contributed by atoms with Crippen LogP contribution in [0, 0.1) is 12.8 Å². The van der Waals surface area contributed by atoms with Gasteiger partial charge in [-0.1, -0.05) is 50.1 Å². The molecular weight excluding hydrogens is 240 g/mol. The molecule has 0 saturated heterocycles. The van der Waals surface area contributed by atoms with Crippen molar-refractivity contribution < 1.29 is 9.90 Å². The van der Waals surface area contributed by atoms with Gasteiger partial charge in [0, 0.05) is 6.54 Å². The van der Waals surface area contributed by atoms with Gasteiger partial charge in [0.1, 0.15) is 0 Å². The molecule has 0 spiro atoms. The van der Waals surface area contributed by atoms with Gasteiger partial charge in [-0.05, 0) is 18.4 Å². The summed E-state index contributed by atoms with van der Waals surface area (Å²) in [6, 6.07) is 7.08. The standard InChI is InChI=1S/C15H24N2O2/c1-4-11(3)14(16)15(19)17-9-13(18)12-7-5-10(2)6-8-12/h5-8,11,13-14,18H,4,9,16H2,1-3H3,(H,17,19). The molecule has 4 nitrogen and oxygen atoms in total. The van der Waals surface area contributed by atoms with Gasteiger partial charge in [0.05, 0.1) is 12.1 Å². The lowest BCUT2D eigenvalue weighted by atomic mass is 9.99. The average Bonchev–Trinajstić information content (AvgIpc) is 2.43. The van der Waals surface area contributed by atoms with Crippen LogP contribution < -0.4 is 11.1 Å². The zero-order valence-electron chi connectivity index (χ0n) is 11.9. The Morgan fingerprint density at radius 2 is 1.95 bits per heavy atom. The summed E-state index contributed by atoms with van der Waals surface area (Å²) in [7, 11) is 0. The van der Waals surface area contributed by atoms with E-state index in [0.29, 0.717) is 0 Å². The number of nitrogens with two attached hydrogens (primary N) is 1. The molecule has 19 heavy (non-hydrogen) atoms. The van der Waals surface area contributed by atoms with Crippen molar-refractivity contribution in [3.8, 4) is 0 Å². The van der Waals surface area contributed by atoms with Crippen LogP contribution in [0.1, 0.15) is 37.5 Å². The molecule has 106 valence electrons. The molecule has 1 aromatic rings. The molecule has 0 saturated carbocycles. The summed E-state index contributed by atoms with van der Waals surface area (Å²) in [6.45, 7) is 6.12. The van der Waals surface area contributed by atoms with Crippen LogP contribution in [-0.2, 0) is 4.79 Å². The van der Waals surface area contributed by atoms with Crippen molar-refractivity contribution in [2.24, 2.45) is 11.7 Å². The van der Waals surface area contributed by atoms with E-state index >= 15 is 0 Å². The Morgan fingerprint density at radius 1 is 1.37 bits per heavy atom. The summed E-state index contributed by atoms with van der Waals surface area (Å²) < 4.78 is 0. The van der Waals surface area contributed by atoms with Crippen molar-refractivity contribution in [1.82, 2.24) is 5.32 Å². The molecule has 4 N–H and O–H groups in total. The van der Waals surface area contributed by atoms with Crippen molar-refractivity contribution in [3.63, 3.8) is 0 Å². The number of aryl methyl sites for hydroxylation is 1. The highest BCUT2D eigenvalue weighted by atomic mass is 16.3. The lowest BCUT2D eigenvalue weighted by Crippen LogP contribution is -2.45. The number of carbonyl (C=O) groups is 1. The fourth-order valence-electron chi connectivity index (χ4n) is 1.73. The second kappa shape index (κ2) is 7.26. The van der Waals surface area contributed by atoms with Crippen LogP contribution in [0.4, 0.5) is 0 Å². The smallest absolute Gasteiger partial charge is 0.237 e. The predicted octanol–water partition coefficient (Wildman–Crippen LogP) is 1.52. The molecule has 0 aliphatic carbocycles. The zero-order valence-corrected chi connectivity index (χ0v) is 11.9. The fourth-order valence-corrected chi connectivity index (χ4v) is 1.73. The number of nitrogens with one attached hydrogen (secondary N) is 1. The van der Waals surface area contributed by atoms with Crippen LogP contribution >= 0.6 is 0 Å². The molecule has 1 aromatic carbocycles. The molecule has 3 unspecified atom stereocenters. The second-order valence-corrected chi connectivity index (χ2v) is 5.08. The van der Waals surface area contributed by atoms with Gasteiger partial charge in [0.15, 0.2) is 0 Å². The van der Waals surface area contributed by atoms with E-state index in [2.05, 4.69) is 5.32 Å². The first-order valence-electron chi connectivity index (χ1n) is 6.73. The van der Waals surface area contributed by atoms with E-state index in [4.69, 9.17) is 5.73 Å². The van der Waals surface area contributed by atoms with E-state index in [0.717, 1.165) is 17.5 Å². The Morgan fingerprint density at radius 3 is 2.47 bits per heavy atom. The Balaban J connectivity index is 2.48. The third kappa shape index (κ3) is 4.65. The van der Waals surface area contributed by atoms with Crippen LogP contribution in [0.25, 0.3) is 0 Å². The molecule has 1 amide bonds. The highest BCUT2D eigenvalue weighted by Crippen LogP contribution is 2.13. The maximum absolute atomic E-state index is 11.8. The minimum absolute atomic E-state index is 0.136.